The van der Waals surface area contributed by atoms with Crippen molar-refractivity contribution in [2.24, 2.45) is 0 Å². The predicted octanol–water partition coefficient (Wildman–Crippen LogP) is 3.54. The molecule has 0 aliphatic carbocycles. The van der Waals surface area contributed by atoms with E-state index in [1.165, 1.54) is 0 Å². The van der Waals surface area contributed by atoms with Crippen molar-refractivity contribution >= 4 is 17.3 Å². The maximum atomic E-state index is 6.11. The Hall–Kier alpha value is -0.930. The lowest BCUT2D eigenvalue weighted by Crippen LogP contribution is -2.38. The third-order valence-corrected chi connectivity index (χ3v) is 2.64. The van der Waals surface area contributed by atoms with Crippen molar-refractivity contribution in [1.82, 2.24) is 5.32 Å². The van der Waals surface area contributed by atoms with E-state index in [2.05, 4.69) is 31.4 Å². The molecule has 0 radical (unpaired) electrons. The van der Waals surface area contributed by atoms with Gasteiger partial charge in [0.1, 0.15) is 5.75 Å². The minimum absolute atomic E-state index is 0.151. The van der Waals surface area contributed by atoms with Crippen molar-refractivity contribution in [3.8, 4) is 5.75 Å². The Bertz CT molecular complexity index is 375. The Balaban J connectivity index is 2.41. The molecular weight excluding hydrogens is 248 g/mol. The first-order valence-electron chi connectivity index (χ1n) is 6.33. The molecule has 0 unspecified atom stereocenters. The van der Waals surface area contributed by atoms with E-state index >= 15 is 0 Å². The van der Waals surface area contributed by atoms with Crippen molar-refractivity contribution < 1.29 is 4.74 Å². The summed E-state index contributed by atoms with van der Waals surface area (Å²) in [4.78, 5) is 0. The standard InChI is InChI=1S/C14H23ClN2O/c1-5-18-13-7-6-11(10-12(13)15)16-8-9-17-14(2,3)4/h6-7,10,16-17H,5,8-9H2,1-4H3. The van der Waals surface area contributed by atoms with Gasteiger partial charge < -0.3 is 15.4 Å². The molecule has 0 aromatic heterocycles. The van der Waals surface area contributed by atoms with Crippen LogP contribution in [0, 0.1) is 0 Å². The number of halogens is 1. The smallest absolute Gasteiger partial charge is 0.138 e. The van der Waals surface area contributed by atoms with Gasteiger partial charge >= 0.3 is 0 Å². The summed E-state index contributed by atoms with van der Waals surface area (Å²) in [5.41, 5.74) is 1.16. The van der Waals surface area contributed by atoms with Crippen molar-refractivity contribution in [3.63, 3.8) is 0 Å². The van der Waals surface area contributed by atoms with Crippen molar-refractivity contribution in [2.45, 2.75) is 33.2 Å². The van der Waals surface area contributed by atoms with Crippen molar-refractivity contribution in [3.05, 3.63) is 23.2 Å². The van der Waals surface area contributed by atoms with Crippen LogP contribution < -0.4 is 15.4 Å². The summed E-state index contributed by atoms with van der Waals surface area (Å²) in [6.45, 7) is 10.8. The molecule has 0 spiro atoms. The normalized spacial score (nSPS) is 11.4. The summed E-state index contributed by atoms with van der Waals surface area (Å²) in [5.74, 6) is 0.734. The summed E-state index contributed by atoms with van der Waals surface area (Å²) in [6.07, 6.45) is 0. The maximum Gasteiger partial charge on any atom is 0.138 e. The molecule has 1 aromatic carbocycles. The molecule has 0 atom stereocenters. The summed E-state index contributed by atoms with van der Waals surface area (Å²) >= 11 is 6.11. The molecule has 4 heteroatoms. The van der Waals surface area contributed by atoms with Crippen LogP contribution in [-0.2, 0) is 0 Å². The van der Waals surface area contributed by atoms with Crippen molar-refractivity contribution in [1.29, 1.82) is 0 Å². The number of hydrogen-bond donors (Lipinski definition) is 2. The predicted molar refractivity (Wildman–Crippen MR) is 78.9 cm³/mol. The van der Waals surface area contributed by atoms with Gasteiger partial charge in [-0.1, -0.05) is 11.6 Å². The molecule has 0 aliphatic rings. The van der Waals surface area contributed by atoms with Gasteiger partial charge in [0.25, 0.3) is 0 Å². The van der Waals surface area contributed by atoms with E-state index in [0.717, 1.165) is 24.5 Å². The molecular formula is C14H23ClN2O. The highest BCUT2D eigenvalue weighted by Crippen LogP contribution is 2.27. The van der Waals surface area contributed by atoms with Gasteiger partial charge in [-0.2, -0.15) is 0 Å². The molecule has 2 N–H and O–H groups in total. The quantitative estimate of drug-likeness (QED) is 0.776. The zero-order valence-corrected chi connectivity index (χ0v) is 12.4. The van der Waals surface area contributed by atoms with E-state index in [0.29, 0.717) is 11.6 Å². The summed E-state index contributed by atoms with van der Waals surface area (Å²) < 4.78 is 5.39. The topological polar surface area (TPSA) is 33.3 Å². The van der Waals surface area contributed by atoms with E-state index < -0.39 is 0 Å². The highest BCUT2D eigenvalue weighted by atomic mass is 35.5. The Morgan fingerprint density at radius 1 is 1.22 bits per heavy atom. The fourth-order valence-electron chi connectivity index (χ4n) is 1.53. The first kappa shape index (κ1) is 15.1. The highest BCUT2D eigenvalue weighted by molar-refractivity contribution is 6.32. The number of anilines is 1. The van der Waals surface area contributed by atoms with E-state index in [1.807, 2.05) is 25.1 Å². The van der Waals surface area contributed by atoms with Crippen LogP contribution in [0.5, 0.6) is 5.75 Å². The molecule has 0 saturated heterocycles. The average Bonchev–Trinajstić information content (AvgIpc) is 2.27. The molecule has 0 fully saturated rings. The highest BCUT2D eigenvalue weighted by Gasteiger charge is 2.07. The molecule has 18 heavy (non-hydrogen) atoms. The van der Waals surface area contributed by atoms with E-state index in [4.69, 9.17) is 16.3 Å². The van der Waals surface area contributed by atoms with E-state index in [9.17, 15) is 0 Å². The largest absolute Gasteiger partial charge is 0.492 e. The van der Waals surface area contributed by atoms with Gasteiger partial charge in [0.2, 0.25) is 0 Å². The minimum Gasteiger partial charge on any atom is -0.492 e. The molecule has 0 heterocycles. The molecule has 0 saturated carbocycles. The Morgan fingerprint density at radius 3 is 2.50 bits per heavy atom. The average molecular weight is 271 g/mol. The lowest BCUT2D eigenvalue weighted by Gasteiger charge is -2.20. The van der Waals surface area contributed by atoms with Gasteiger partial charge in [-0.25, -0.2) is 0 Å². The van der Waals surface area contributed by atoms with E-state index in [-0.39, 0.29) is 5.54 Å². The van der Waals surface area contributed by atoms with Gasteiger partial charge in [-0.3, -0.25) is 0 Å². The van der Waals surface area contributed by atoms with Crippen LogP contribution in [0.1, 0.15) is 27.7 Å². The van der Waals surface area contributed by atoms with Gasteiger partial charge in [-0.15, -0.1) is 0 Å². The van der Waals surface area contributed by atoms with Crippen LogP contribution in [-0.4, -0.2) is 25.2 Å². The maximum absolute atomic E-state index is 6.11. The first-order valence-corrected chi connectivity index (χ1v) is 6.71. The fraction of sp³-hybridized carbons (Fsp3) is 0.571. The van der Waals surface area contributed by atoms with Crippen LogP contribution in [0.4, 0.5) is 5.69 Å². The number of rotatable bonds is 6. The summed E-state index contributed by atoms with van der Waals surface area (Å²) in [6, 6.07) is 5.77. The second kappa shape index (κ2) is 6.86. The van der Waals surface area contributed by atoms with Crippen LogP contribution in [0.25, 0.3) is 0 Å². The molecule has 1 rings (SSSR count). The lowest BCUT2D eigenvalue weighted by atomic mass is 10.1. The van der Waals surface area contributed by atoms with Gasteiger partial charge in [-0.05, 0) is 45.9 Å². The Morgan fingerprint density at radius 2 is 1.94 bits per heavy atom. The number of nitrogens with one attached hydrogen (secondary N) is 2. The molecule has 0 bridgehead atoms. The van der Waals surface area contributed by atoms with Crippen LogP contribution in [0.15, 0.2) is 18.2 Å². The molecule has 3 nitrogen and oxygen atoms in total. The fourth-order valence-corrected chi connectivity index (χ4v) is 1.76. The monoisotopic (exact) mass is 270 g/mol. The second-order valence-electron chi connectivity index (χ2n) is 5.18. The SMILES string of the molecule is CCOc1ccc(NCCNC(C)(C)C)cc1Cl. The zero-order valence-electron chi connectivity index (χ0n) is 11.6. The van der Waals surface area contributed by atoms with Crippen LogP contribution in [0.3, 0.4) is 0 Å². The molecule has 0 aliphatic heterocycles. The third-order valence-electron chi connectivity index (χ3n) is 2.34. The first-order chi connectivity index (χ1) is 8.42. The van der Waals surface area contributed by atoms with E-state index in [1.54, 1.807) is 0 Å². The lowest BCUT2D eigenvalue weighted by molar-refractivity contribution is 0.340. The van der Waals surface area contributed by atoms with Gasteiger partial charge in [0.15, 0.2) is 0 Å². The zero-order chi connectivity index (χ0) is 13.6. The van der Waals surface area contributed by atoms with Gasteiger partial charge in [0.05, 0.1) is 11.6 Å². The number of hydrogen-bond acceptors (Lipinski definition) is 3. The molecule has 1 aromatic rings. The summed E-state index contributed by atoms with van der Waals surface area (Å²) in [7, 11) is 0. The molecule has 102 valence electrons. The third kappa shape index (κ3) is 5.61. The van der Waals surface area contributed by atoms with Crippen LogP contribution in [0.2, 0.25) is 5.02 Å². The van der Waals surface area contributed by atoms with Crippen molar-refractivity contribution in [2.75, 3.05) is 25.0 Å². The Kier molecular flexibility index (Phi) is 5.76. The minimum atomic E-state index is 0.151. The van der Waals surface area contributed by atoms with Gasteiger partial charge in [0, 0.05) is 24.3 Å². The number of ether oxygens (including phenoxy) is 1. The summed E-state index contributed by atoms with van der Waals surface area (Å²) in [5, 5.41) is 7.39. The number of benzene rings is 1. The molecule has 0 amide bonds. The Labute approximate surface area is 115 Å². The second-order valence-corrected chi connectivity index (χ2v) is 5.59. The van der Waals surface area contributed by atoms with Crippen LogP contribution >= 0.6 is 11.6 Å².